The zero-order valence-electron chi connectivity index (χ0n) is 16.1. The van der Waals surface area contributed by atoms with Gasteiger partial charge in [0, 0.05) is 12.0 Å². The molecule has 0 aliphatic heterocycles. The van der Waals surface area contributed by atoms with Crippen molar-refractivity contribution in [1.82, 2.24) is 3.97 Å². The Labute approximate surface area is 174 Å². The zero-order valence-corrected chi connectivity index (χ0v) is 16.9. The van der Waals surface area contributed by atoms with Gasteiger partial charge in [0.1, 0.15) is 5.60 Å². The van der Waals surface area contributed by atoms with E-state index in [0.29, 0.717) is 23.7 Å². The van der Waals surface area contributed by atoms with E-state index in [9.17, 15) is 18.3 Å². The number of fused-ring (bicyclic) bond motifs is 1. The second-order valence-electron chi connectivity index (χ2n) is 7.22. The van der Waals surface area contributed by atoms with Gasteiger partial charge in [-0.1, -0.05) is 30.3 Å². The number of carbonyl (C=O) groups is 1. The molecule has 0 saturated carbocycles. The fourth-order valence-corrected chi connectivity index (χ4v) is 5.16. The van der Waals surface area contributed by atoms with Crippen molar-refractivity contribution < 1.29 is 23.4 Å². The minimum Gasteiger partial charge on any atom is -0.396 e. The van der Waals surface area contributed by atoms with Gasteiger partial charge in [-0.15, -0.1) is 0 Å². The average molecular weight is 423 g/mol. The smallest absolute Gasteiger partial charge is 0.268 e. The third-order valence-electron chi connectivity index (χ3n) is 5.17. The molecule has 7 heteroatoms. The van der Waals surface area contributed by atoms with E-state index < -0.39 is 15.6 Å². The molecule has 2 N–H and O–H groups in total. The number of carbonyl (C=O) groups excluding carboxylic acids is 1. The number of rotatable bonds is 6. The van der Waals surface area contributed by atoms with Gasteiger partial charge in [-0.3, -0.25) is 4.79 Å². The second kappa shape index (κ2) is 7.68. The number of ketones is 1. The first-order valence-electron chi connectivity index (χ1n) is 9.56. The van der Waals surface area contributed by atoms with Crippen molar-refractivity contribution in [3.63, 3.8) is 0 Å². The second-order valence-corrected chi connectivity index (χ2v) is 9.01. The molecule has 6 nitrogen and oxygen atoms in total. The number of hydrogen-bond acceptors (Lipinski definition) is 5. The average Bonchev–Trinajstić information content (AvgIpc) is 3.16. The first-order chi connectivity index (χ1) is 14.3. The first-order valence-corrected chi connectivity index (χ1v) is 11.0. The molecule has 1 heterocycles. The highest BCUT2D eigenvalue weighted by molar-refractivity contribution is 7.90. The van der Waals surface area contributed by atoms with Gasteiger partial charge in [0.15, 0.2) is 5.78 Å². The summed E-state index contributed by atoms with van der Waals surface area (Å²) in [5, 5.41) is 20.8. The standard InChI is InChI=1S/C23H21NO5S/c25-15-3-4-17-7-9-20(10-8-17)30(28,29)24-21-6-2-1-5-18(21)16-22(24)23(27)13-11-19(26)12-14-23/h1-2,5-14,16,25,27H,3-4,15H2. The van der Waals surface area contributed by atoms with Crippen molar-refractivity contribution in [2.24, 2.45) is 0 Å². The highest BCUT2D eigenvalue weighted by Gasteiger charge is 2.34. The van der Waals surface area contributed by atoms with Crippen molar-refractivity contribution in [2.45, 2.75) is 23.3 Å². The maximum atomic E-state index is 13.6. The number of hydrogen-bond donors (Lipinski definition) is 2. The van der Waals surface area contributed by atoms with Crippen molar-refractivity contribution in [2.75, 3.05) is 6.61 Å². The largest absolute Gasteiger partial charge is 0.396 e. The lowest BCUT2D eigenvalue weighted by Crippen LogP contribution is -2.29. The van der Waals surface area contributed by atoms with Crippen LogP contribution < -0.4 is 0 Å². The Bertz CT molecular complexity index is 1250. The summed E-state index contributed by atoms with van der Waals surface area (Å²) in [5.74, 6) is -0.274. The number of aromatic nitrogens is 1. The van der Waals surface area contributed by atoms with Crippen molar-refractivity contribution >= 4 is 26.7 Å². The number of benzene rings is 2. The summed E-state index contributed by atoms with van der Waals surface area (Å²) in [7, 11) is -4.04. The molecule has 1 aromatic heterocycles. The molecule has 0 radical (unpaired) electrons. The topological polar surface area (TPSA) is 96.6 Å². The van der Waals surface area contributed by atoms with Crippen LogP contribution in [0.1, 0.15) is 17.7 Å². The van der Waals surface area contributed by atoms with Gasteiger partial charge in [-0.05, 0) is 67.0 Å². The predicted molar refractivity (Wildman–Crippen MR) is 114 cm³/mol. The zero-order chi connectivity index (χ0) is 21.4. The Morgan fingerprint density at radius 3 is 2.30 bits per heavy atom. The van der Waals surface area contributed by atoms with Crippen LogP contribution in [-0.4, -0.2) is 35.0 Å². The van der Waals surface area contributed by atoms with E-state index in [0.717, 1.165) is 9.54 Å². The molecule has 1 aliphatic carbocycles. The third-order valence-corrected chi connectivity index (χ3v) is 6.91. The highest BCUT2D eigenvalue weighted by atomic mass is 32.2. The normalized spacial score (nSPS) is 15.7. The molecule has 1 aliphatic rings. The van der Waals surface area contributed by atoms with Crippen LogP contribution >= 0.6 is 0 Å². The molecular weight excluding hydrogens is 402 g/mol. The number of aliphatic hydroxyl groups is 2. The lowest BCUT2D eigenvalue weighted by molar-refractivity contribution is -0.110. The molecular formula is C23H21NO5S. The third kappa shape index (κ3) is 3.52. The summed E-state index contributed by atoms with van der Waals surface area (Å²) < 4.78 is 28.3. The fraction of sp³-hybridized carbons (Fsp3) is 0.174. The van der Waals surface area contributed by atoms with E-state index in [1.165, 1.54) is 36.4 Å². The van der Waals surface area contributed by atoms with Crippen molar-refractivity contribution in [1.29, 1.82) is 0 Å². The van der Waals surface area contributed by atoms with E-state index in [1.54, 1.807) is 42.5 Å². The Morgan fingerprint density at radius 1 is 0.967 bits per heavy atom. The van der Waals surface area contributed by atoms with Crippen LogP contribution in [0.5, 0.6) is 0 Å². The summed E-state index contributed by atoms with van der Waals surface area (Å²) in [6, 6.07) is 15.1. The van der Waals surface area contributed by atoms with Gasteiger partial charge in [-0.25, -0.2) is 12.4 Å². The maximum absolute atomic E-state index is 13.6. The van der Waals surface area contributed by atoms with Gasteiger partial charge in [0.25, 0.3) is 10.0 Å². The van der Waals surface area contributed by atoms with Gasteiger partial charge in [0.05, 0.1) is 16.1 Å². The molecule has 0 saturated heterocycles. The summed E-state index contributed by atoms with van der Waals surface area (Å²) in [6.07, 6.45) is 6.30. The Kier molecular flexibility index (Phi) is 5.19. The van der Waals surface area contributed by atoms with Gasteiger partial charge in [-0.2, -0.15) is 0 Å². The van der Waals surface area contributed by atoms with E-state index >= 15 is 0 Å². The molecule has 0 amide bonds. The molecule has 0 atom stereocenters. The van der Waals surface area contributed by atoms with Crippen molar-refractivity contribution in [3.05, 3.63) is 90.2 Å². The molecule has 30 heavy (non-hydrogen) atoms. The monoisotopic (exact) mass is 423 g/mol. The Balaban J connectivity index is 1.88. The number of aliphatic hydroxyl groups excluding tert-OH is 1. The van der Waals surface area contributed by atoms with Crippen LogP contribution in [0.2, 0.25) is 0 Å². The fourth-order valence-electron chi connectivity index (χ4n) is 3.58. The molecule has 0 bridgehead atoms. The van der Waals surface area contributed by atoms with Crippen LogP contribution in [0.25, 0.3) is 10.9 Å². The summed E-state index contributed by atoms with van der Waals surface area (Å²) in [6.45, 7) is 0.0703. The first kappa shape index (κ1) is 20.3. The molecule has 3 aromatic rings. The predicted octanol–water partition coefficient (Wildman–Crippen LogP) is 2.69. The van der Waals surface area contributed by atoms with Gasteiger partial charge >= 0.3 is 0 Å². The Hall–Kier alpha value is -3.00. The number of aryl methyl sites for hydroxylation is 1. The molecule has 0 fully saturated rings. The van der Waals surface area contributed by atoms with Crippen LogP contribution in [0, 0.1) is 0 Å². The number of allylic oxidation sites excluding steroid dienone is 2. The number of para-hydroxylation sites is 1. The van der Waals surface area contributed by atoms with Crippen molar-refractivity contribution in [3.8, 4) is 0 Å². The summed E-state index contributed by atoms with van der Waals surface area (Å²) >= 11 is 0. The lowest BCUT2D eigenvalue weighted by atomic mass is 9.94. The van der Waals surface area contributed by atoms with Crippen LogP contribution in [0.15, 0.2) is 83.8 Å². The van der Waals surface area contributed by atoms with Crippen LogP contribution in [0.4, 0.5) is 0 Å². The van der Waals surface area contributed by atoms with Gasteiger partial charge < -0.3 is 10.2 Å². The number of nitrogens with zero attached hydrogens (tertiary/aromatic N) is 1. The highest BCUT2D eigenvalue weighted by Crippen LogP contribution is 2.35. The molecule has 0 spiro atoms. The summed E-state index contributed by atoms with van der Waals surface area (Å²) in [4.78, 5) is 11.6. The molecule has 2 aromatic carbocycles. The quantitative estimate of drug-likeness (QED) is 0.635. The van der Waals surface area contributed by atoms with Crippen LogP contribution in [-0.2, 0) is 26.8 Å². The Morgan fingerprint density at radius 2 is 1.63 bits per heavy atom. The van der Waals surface area contributed by atoms with E-state index in [2.05, 4.69) is 0 Å². The minimum absolute atomic E-state index is 0.0703. The molecule has 4 rings (SSSR count). The summed E-state index contributed by atoms with van der Waals surface area (Å²) in [5.41, 5.74) is -0.242. The minimum atomic E-state index is -4.04. The van der Waals surface area contributed by atoms with E-state index in [1.807, 2.05) is 0 Å². The van der Waals surface area contributed by atoms with Gasteiger partial charge in [0.2, 0.25) is 0 Å². The van der Waals surface area contributed by atoms with Crippen LogP contribution in [0.3, 0.4) is 0 Å². The van der Waals surface area contributed by atoms with E-state index in [4.69, 9.17) is 5.11 Å². The maximum Gasteiger partial charge on any atom is 0.268 e. The lowest BCUT2D eigenvalue weighted by Gasteiger charge is -2.25. The molecule has 154 valence electrons. The molecule has 0 unspecified atom stereocenters. The van der Waals surface area contributed by atoms with E-state index in [-0.39, 0.29) is 23.0 Å². The SMILES string of the molecule is O=C1C=CC(O)(c2cc3ccccc3n2S(=O)(=O)c2ccc(CCCO)cc2)C=C1.